The predicted molar refractivity (Wildman–Crippen MR) is 69.7 cm³/mol. The standard InChI is InChI=1S/C12H12BrNOS/c1-8-2-3-9(13)4-11(8)12(15)5-10-6-14-7-16-10/h2-4,6-7,12,15H,5H2,1H3. The molecular weight excluding hydrogens is 286 g/mol. The maximum atomic E-state index is 10.2. The van der Waals surface area contributed by atoms with Crippen molar-refractivity contribution in [2.75, 3.05) is 0 Å². The number of nitrogens with zero attached hydrogens (tertiary/aromatic N) is 1. The van der Waals surface area contributed by atoms with Gasteiger partial charge in [0.2, 0.25) is 0 Å². The second-order valence-corrected chi connectivity index (χ2v) is 5.58. The second-order valence-electron chi connectivity index (χ2n) is 3.69. The smallest absolute Gasteiger partial charge is 0.0841 e. The molecule has 2 rings (SSSR count). The van der Waals surface area contributed by atoms with Gasteiger partial charge >= 0.3 is 0 Å². The largest absolute Gasteiger partial charge is 0.388 e. The molecule has 1 aromatic heterocycles. The molecule has 16 heavy (non-hydrogen) atoms. The molecule has 0 aliphatic carbocycles. The SMILES string of the molecule is Cc1ccc(Br)cc1C(O)Cc1cncs1. The molecule has 2 aromatic rings. The van der Waals surface area contributed by atoms with Gasteiger partial charge in [-0.25, -0.2) is 0 Å². The quantitative estimate of drug-likeness (QED) is 0.941. The molecule has 84 valence electrons. The van der Waals surface area contributed by atoms with Crippen LogP contribution in [0.3, 0.4) is 0 Å². The molecule has 1 aromatic carbocycles. The molecule has 0 fully saturated rings. The summed E-state index contributed by atoms with van der Waals surface area (Å²) < 4.78 is 0.997. The van der Waals surface area contributed by atoms with E-state index in [9.17, 15) is 5.11 Å². The molecule has 0 spiro atoms. The fourth-order valence-electron chi connectivity index (χ4n) is 1.61. The van der Waals surface area contributed by atoms with Crippen molar-refractivity contribution in [3.05, 3.63) is 50.4 Å². The number of aryl methyl sites for hydroxylation is 1. The van der Waals surface area contributed by atoms with Crippen molar-refractivity contribution in [3.8, 4) is 0 Å². The summed E-state index contributed by atoms with van der Waals surface area (Å²) >= 11 is 4.99. The fraction of sp³-hybridized carbons (Fsp3) is 0.250. The number of aromatic nitrogens is 1. The molecule has 2 nitrogen and oxygen atoms in total. The Balaban J connectivity index is 2.20. The van der Waals surface area contributed by atoms with Crippen molar-refractivity contribution in [3.63, 3.8) is 0 Å². The molecule has 4 heteroatoms. The van der Waals surface area contributed by atoms with Crippen molar-refractivity contribution in [1.82, 2.24) is 4.98 Å². The van der Waals surface area contributed by atoms with Crippen LogP contribution < -0.4 is 0 Å². The lowest BCUT2D eigenvalue weighted by molar-refractivity contribution is 0.178. The third-order valence-corrected chi connectivity index (χ3v) is 3.77. The van der Waals surface area contributed by atoms with Crippen molar-refractivity contribution >= 4 is 27.3 Å². The molecule has 0 saturated carbocycles. The maximum absolute atomic E-state index is 10.2. The summed E-state index contributed by atoms with van der Waals surface area (Å²) in [5, 5.41) is 10.2. The van der Waals surface area contributed by atoms with Crippen LogP contribution in [-0.4, -0.2) is 10.1 Å². The van der Waals surface area contributed by atoms with Crippen LogP contribution in [0.1, 0.15) is 22.1 Å². The zero-order chi connectivity index (χ0) is 11.5. The highest BCUT2D eigenvalue weighted by atomic mass is 79.9. The molecule has 1 N–H and O–H groups in total. The van der Waals surface area contributed by atoms with E-state index in [4.69, 9.17) is 0 Å². The van der Waals surface area contributed by atoms with E-state index in [0.29, 0.717) is 6.42 Å². The minimum absolute atomic E-state index is 0.460. The summed E-state index contributed by atoms with van der Waals surface area (Å²) in [6.45, 7) is 2.01. The average Bonchev–Trinajstić information content (AvgIpc) is 2.74. The van der Waals surface area contributed by atoms with E-state index in [1.165, 1.54) is 0 Å². The predicted octanol–water partition coefficient (Wildman–Crippen LogP) is 3.49. The highest BCUT2D eigenvalue weighted by Gasteiger charge is 2.12. The van der Waals surface area contributed by atoms with E-state index in [2.05, 4.69) is 20.9 Å². The van der Waals surface area contributed by atoms with E-state index in [1.54, 1.807) is 23.0 Å². The van der Waals surface area contributed by atoms with E-state index in [0.717, 1.165) is 20.5 Å². The lowest BCUT2D eigenvalue weighted by Gasteiger charge is -2.13. The highest BCUT2D eigenvalue weighted by molar-refractivity contribution is 9.10. The van der Waals surface area contributed by atoms with Gasteiger partial charge in [0.1, 0.15) is 0 Å². The Morgan fingerprint density at radius 2 is 2.31 bits per heavy atom. The Bertz CT molecular complexity index is 470. The maximum Gasteiger partial charge on any atom is 0.0841 e. The number of benzene rings is 1. The van der Waals surface area contributed by atoms with Crippen molar-refractivity contribution < 1.29 is 5.11 Å². The van der Waals surface area contributed by atoms with Crippen LogP contribution >= 0.6 is 27.3 Å². The average molecular weight is 298 g/mol. The lowest BCUT2D eigenvalue weighted by atomic mass is 10.0. The summed E-state index contributed by atoms with van der Waals surface area (Å²) in [6.07, 6.45) is 1.97. The van der Waals surface area contributed by atoms with Gasteiger partial charge in [0.05, 0.1) is 11.6 Å². The van der Waals surface area contributed by atoms with Crippen molar-refractivity contribution in [2.24, 2.45) is 0 Å². The molecule has 0 bridgehead atoms. The first-order valence-corrected chi connectivity index (χ1v) is 6.65. The Morgan fingerprint density at radius 1 is 1.50 bits per heavy atom. The third kappa shape index (κ3) is 2.70. The first-order chi connectivity index (χ1) is 7.66. The summed E-state index contributed by atoms with van der Waals surface area (Å²) in [5.41, 5.74) is 3.87. The van der Waals surface area contributed by atoms with Crippen LogP contribution in [0.15, 0.2) is 34.4 Å². The summed E-state index contributed by atoms with van der Waals surface area (Å²) in [6, 6.07) is 5.97. The first kappa shape index (κ1) is 11.8. The van der Waals surface area contributed by atoms with Crippen LogP contribution in [0, 0.1) is 6.92 Å². The van der Waals surface area contributed by atoms with Gasteiger partial charge in [0.15, 0.2) is 0 Å². The van der Waals surface area contributed by atoms with Gasteiger partial charge in [-0.05, 0) is 30.2 Å². The molecule has 0 amide bonds. The summed E-state index contributed by atoms with van der Waals surface area (Å²) in [4.78, 5) is 5.11. The molecule has 1 unspecified atom stereocenters. The van der Waals surface area contributed by atoms with Crippen LogP contribution in [0.4, 0.5) is 0 Å². The van der Waals surface area contributed by atoms with Gasteiger partial charge < -0.3 is 5.11 Å². The molecule has 0 radical (unpaired) electrons. The molecule has 1 atom stereocenters. The topological polar surface area (TPSA) is 33.1 Å². The van der Waals surface area contributed by atoms with Crippen molar-refractivity contribution in [1.29, 1.82) is 0 Å². The number of hydrogen-bond acceptors (Lipinski definition) is 3. The third-order valence-electron chi connectivity index (χ3n) is 2.48. The Labute approximate surface area is 107 Å². The molecular formula is C12H12BrNOS. The normalized spacial score (nSPS) is 12.7. The molecule has 0 saturated heterocycles. The number of rotatable bonds is 3. The number of hydrogen-bond donors (Lipinski definition) is 1. The van der Waals surface area contributed by atoms with Gasteiger partial charge in [-0.15, -0.1) is 11.3 Å². The van der Waals surface area contributed by atoms with Gasteiger partial charge in [0.25, 0.3) is 0 Å². The minimum atomic E-state index is -0.460. The van der Waals surface area contributed by atoms with E-state index < -0.39 is 6.10 Å². The number of thiazole rings is 1. The van der Waals surface area contributed by atoms with Gasteiger partial charge in [-0.2, -0.15) is 0 Å². The number of aliphatic hydroxyl groups is 1. The zero-order valence-corrected chi connectivity index (χ0v) is 11.3. The van der Waals surface area contributed by atoms with Crippen LogP contribution in [0.5, 0.6) is 0 Å². The van der Waals surface area contributed by atoms with Crippen LogP contribution in [-0.2, 0) is 6.42 Å². The molecule has 0 aliphatic rings. The van der Waals surface area contributed by atoms with E-state index >= 15 is 0 Å². The van der Waals surface area contributed by atoms with Gasteiger partial charge in [0, 0.05) is 22.0 Å². The molecule has 1 heterocycles. The van der Waals surface area contributed by atoms with Crippen LogP contribution in [0.2, 0.25) is 0 Å². The second kappa shape index (κ2) is 5.08. The first-order valence-electron chi connectivity index (χ1n) is 4.98. The van der Waals surface area contributed by atoms with Crippen LogP contribution in [0.25, 0.3) is 0 Å². The highest BCUT2D eigenvalue weighted by Crippen LogP contribution is 2.25. The molecule has 0 aliphatic heterocycles. The Morgan fingerprint density at radius 3 is 3.00 bits per heavy atom. The number of halogens is 1. The Kier molecular flexibility index (Phi) is 3.74. The van der Waals surface area contributed by atoms with Gasteiger partial charge in [-0.1, -0.05) is 22.0 Å². The number of aliphatic hydroxyl groups excluding tert-OH is 1. The summed E-state index contributed by atoms with van der Waals surface area (Å²) in [5.74, 6) is 0. The van der Waals surface area contributed by atoms with E-state index in [-0.39, 0.29) is 0 Å². The Hall–Kier alpha value is -0.710. The van der Waals surface area contributed by atoms with Gasteiger partial charge in [-0.3, -0.25) is 4.98 Å². The fourth-order valence-corrected chi connectivity index (χ4v) is 2.63. The monoisotopic (exact) mass is 297 g/mol. The minimum Gasteiger partial charge on any atom is -0.388 e. The van der Waals surface area contributed by atoms with E-state index in [1.807, 2.05) is 25.1 Å². The van der Waals surface area contributed by atoms with Crippen molar-refractivity contribution in [2.45, 2.75) is 19.4 Å². The lowest BCUT2D eigenvalue weighted by Crippen LogP contribution is -2.02. The zero-order valence-electron chi connectivity index (χ0n) is 8.85. The summed E-state index contributed by atoms with van der Waals surface area (Å²) in [7, 11) is 0.